The van der Waals surface area contributed by atoms with Crippen LogP contribution in [0.15, 0.2) is 12.5 Å². The number of carbonyl (C=O) groups is 1. The molecule has 1 aromatic rings. The van der Waals surface area contributed by atoms with Crippen molar-refractivity contribution in [3.8, 4) is 0 Å². The Morgan fingerprint density at radius 2 is 2.43 bits per heavy atom. The number of aromatic nitrogens is 2. The fourth-order valence-corrected chi connectivity index (χ4v) is 1.09. The largest absolute Gasteiger partial charge is 0.350 e. The summed E-state index contributed by atoms with van der Waals surface area (Å²) in [5.74, 6) is 0.0630. The van der Waals surface area contributed by atoms with E-state index in [1.807, 2.05) is 0 Å². The maximum absolute atomic E-state index is 11.2. The van der Waals surface area contributed by atoms with Crippen LogP contribution in [-0.4, -0.2) is 22.4 Å². The first-order valence-corrected chi connectivity index (χ1v) is 4.77. The van der Waals surface area contributed by atoms with Crippen LogP contribution in [0, 0.1) is 0 Å². The van der Waals surface area contributed by atoms with Crippen molar-refractivity contribution in [2.24, 2.45) is 5.73 Å². The third-order valence-corrected chi connectivity index (χ3v) is 1.89. The van der Waals surface area contributed by atoms with Crippen LogP contribution < -0.4 is 11.1 Å². The van der Waals surface area contributed by atoms with E-state index in [4.69, 9.17) is 5.73 Å². The molecule has 1 aromatic heterocycles. The van der Waals surface area contributed by atoms with Gasteiger partial charge in [0.15, 0.2) is 0 Å². The Labute approximate surface area is 83.1 Å². The van der Waals surface area contributed by atoms with Crippen LogP contribution in [-0.2, 0) is 11.3 Å². The van der Waals surface area contributed by atoms with Crippen molar-refractivity contribution in [2.45, 2.75) is 25.8 Å². The molecule has 1 rings (SSSR count). The van der Waals surface area contributed by atoms with Crippen molar-refractivity contribution in [3.63, 3.8) is 0 Å². The van der Waals surface area contributed by atoms with Gasteiger partial charge in [-0.1, -0.05) is 0 Å². The molecule has 0 aliphatic heterocycles. The van der Waals surface area contributed by atoms with Crippen molar-refractivity contribution in [3.05, 3.63) is 18.2 Å². The number of hydrogen-bond acceptors (Lipinski definition) is 3. The van der Waals surface area contributed by atoms with Gasteiger partial charge in [-0.3, -0.25) is 4.79 Å². The smallest absolute Gasteiger partial charge is 0.220 e. The minimum atomic E-state index is 0.0630. The van der Waals surface area contributed by atoms with Gasteiger partial charge in [-0.15, -0.1) is 0 Å². The number of carbonyl (C=O) groups excluding carboxylic acids is 1. The number of rotatable bonds is 6. The highest BCUT2D eigenvalue weighted by Crippen LogP contribution is 1.94. The van der Waals surface area contributed by atoms with Crippen LogP contribution in [0.4, 0.5) is 0 Å². The molecule has 0 saturated heterocycles. The average Bonchev–Trinajstić information content (AvgIpc) is 2.68. The van der Waals surface area contributed by atoms with Gasteiger partial charge >= 0.3 is 0 Å². The Kier molecular flexibility index (Phi) is 4.71. The highest BCUT2D eigenvalue weighted by Gasteiger charge is 2.00. The molecule has 1 amide bonds. The molecule has 0 aromatic carbocycles. The molecule has 0 bridgehead atoms. The van der Waals surface area contributed by atoms with Crippen LogP contribution in [0.2, 0.25) is 0 Å². The first-order valence-electron chi connectivity index (χ1n) is 4.77. The highest BCUT2D eigenvalue weighted by molar-refractivity contribution is 5.75. The van der Waals surface area contributed by atoms with Gasteiger partial charge in [0, 0.05) is 12.6 Å². The molecule has 4 N–H and O–H groups in total. The molecular formula is C9H16N4O. The molecule has 78 valence electrons. The summed E-state index contributed by atoms with van der Waals surface area (Å²) in [6, 6.07) is 0. The SMILES string of the molecule is NCCCCC(=O)NCc1cnc[nH]1. The van der Waals surface area contributed by atoms with Gasteiger partial charge in [-0.25, -0.2) is 4.98 Å². The van der Waals surface area contributed by atoms with E-state index in [0.29, 0.717) is 19.5 Å². The van der Waals surface area contributed by atoms with E-state index in [9.17, 15) is 4.79 Å². The van der Waals surface area contributed by atoms with Gasteiger partial charge in [0.2, 0.25) is 5.91 Å². The molecule has 0 spiro atoms. The van der Waals surface area contributed by atoms with Crippen molar-refractivity contribution in [1.82, 2.24) is 15.3 Å². The summed E-state index contributed by atoms with van der Waals surface area (Å²) < 4.78 is 0. The Bertz CT molecular complexity index is 258. The number of amides is 1. The molecule has 0 aliphatic rings. The maximum atomic E-state index is 11.2. The van der Waals surface area contributed by atoms with E-state index < -0.39 is 0 Å². The minimum Gasteiger partial charge on any atom is -0.350 e. The van der Waals surface area contributed by atoms with Gasteiger partial charge < -0.3 is 16.0 Å². The number of imidazole rings is 1. The third-order valence-electron chi connectivity index (χ3n) is 1.89. The first-order chi connectivity index (χ1) is 6.83. The Morgan fingerprint density at radius 3 is 3.07 bits per heavy atom. The van der Waals surface area contributed by atoms with Crippen LogP contribution in [0.3, 0.4) is 0 Å². The summed E-state index contributed by atoms with van der Waals surface area (Å²) in [5, 5.41) is 2.79. The molecule has 0 atom stereocenters. The van der Waals surface area contributed by atoms with Crippen molar-refractivity contribution in [2.75, 3.05) is 6.54 Å². The summed E-state index contributed by atoms with van der Waals surface area (Å²) in [7, 11) is 0. The zero-order valence-corrected chi connectivity index (χ0v) is 8.12. The lowest BCUT2D eigenvalue weighted by Crippen LogP contribution is -2.22. The molecule has 0 saturated carbocycles. The minimum absolute atomic E-state index is 0.0630. The van der Waals surface area contributed by atoms with E-state index in [1.54, 1.807) is 12.5 Å². The molecule has 0 radical (unpaired) electrons. The number of nitrogens with zero attached hydrogens (tertiary/aromatic N) is 1. The van der Waals surface area contributed by atoms with E-state index in [2.05, 4.69) is 15.3 Å². The Morgan fingerprint density at radius 1 is 1.57 bits per heavy atom. The summed E-state index contributed by atoms with van der Waals surface area (Å²) in [6.45, 7) is 1.16. The van der Waals surface area contributed by atoms with Crippen LogP contribution >= 0.6 is 0 Å². The quantitative estimate of drug-likeness (QED) is 0.566. The molecule has 5 nitrogen and oxygen atoms in total. The van der Waals surface area contributed by atoms with Crippen molar-refractivity contribution < 1.29 is 4.79 Å². The van der Waals surface area contributed by atoms with Gasteiger partial charge in [-0.2, -0.15) is 0 Å². The standard InChI is InChI=1S/C9H16N4O/c10-4-2-1-3-9(14)12-6-8-5-11-7-13-8/h5,7H,1-4,6,10H2,(H,11,13)(H,12,14). The second kappa shape index (κ2) is 6.15. The molecule has 0 aliphatic carbocycles. The lowest BCUT2D eigenvalue weighted by Gasteiger charge is -2.02. The number of unbranched alkanes of at least 4 members (excludes halogenated alkanes) is 1. The Balaban J connectivity index is 2.09. The maximum Gasteiger partial charge on any atom is 0.220 e. The second-order valence-corrected chi connectivity index (χ2v) is 3.10. The second-order valence-electron chi connectivity index (χ2n) is 3.10. The van der Waals surface area contributed by atoms with E-state index >= 15 is 0 Å². The normalized spacial score (nSPS) is 10.1. The van der Waals surface area contributed by atoms with Crippen molar-refractivity contribution >= 4 is 5.91 Å². The highest BCUT2D eigenvalue weighted by atomic mass is 16.1. The molecule has 1 heterocycles. The molecule has 0 unspecified atom stereocenters. The Hall–Kier alpha value is -1.36. The van der Waals surface area contributed by atoms with E-state index in [0.717, 1.165) is 18.5 Å². The molecule has 5 heteroatoms. The van der Waals surface area contributed by atoms with Crippen molar-refractivity contribution in [1.29, 1.82) is 0 Å². The molecular weight excluding hydrogens is 180 g/mol. The molecule has 0 fully saturated rings. The number of nitrogens with one attached hydrogen (secondary N) is 2. The fraction of sp³-hybridized carbons (Fsp3) is 0.556. The predicted molar refractivity (Wildman–Crippen MR) is 53.3 cm³/mol. The average molecular weight is 196 g/mol. The lowest BCUT2D eigenvalue weighted by molar-refractivity contribution is -0.121. The van der Waals surface area contributed by atoms with Crippen LogP contribution in [0.1, 0.15) is 25.0 Å². The lowest BCUT2D eigenvalue weighted by atomic mass is 10.2. The number of H-pyrrole nitrogens is 1. The monoisotopic (exact) mass is 196 g/mol. The summed E-state index contributed by atoms with van der Waals surface area (Å²) in [5.41, 5.74) is 6.23. The fourth-order valence-electron chi connectivity index (χ4n) is 1.09. The molecule has 14 heavy (non-hydrogen) atoms. The number of nitrogens with two attached hydrogens (primary N) is 1. The van der Waals surface area contributed by atoms with Gasteiger partial charge in [0.25, 0.3) is 0 Å². The summed E-state index contributed by atoms with van der Waals surface area (Å²) in [6.07, 6.45) is 5.59. The van der Waals surface area contributed by atoms with E-state index in [-0.39, 0.29) is 5.91 Å². The zero-order chi connectivity index (χ0) is 10.2. The van der Waals surface area contributed by atoms with E-state index in [1.165, 1.54) is 0 Å². The predicted octanol–water partition coefficient (Wildman–Crippen LogP) is 0.155. The van der Waals surface area contributed by atoms with Gasteiger partial charge in [0.05, 0.1) is 18.6 Å². The first kappa shape index (κ1) is 10.7. The summed E-state index contributed by atoms with van der Waals surface area (Å²) >= 11 is 0. The zero-order valence-electron chi connectivity index (χ0n) is 8.12. The van der Waals surface area contributed by atoms with Gasteiger partial charge in [0.1, 0.15) is 0 Å². The van der Waals surface area contributed by atoms with Gasteiger partial charge in [-0.05, 0) is 19.4 Å². The third kappa shape index (κ3) is 4.04. The number of aromatic amines is 1. The number of hydrogen-bond donors (Lipinski definition) is 3. The van der Waals surface area contributed by atoms with Crippen LogP contribution in [0.25, 0.3) is 0 Å². The topological polar surface area (TPSA) is 83.8 Å². The summed E-state index contributed by atoms with van der Waals surface area (Å²) in [4.78, 5) is 18.0. The van der Waals surface area contributed by atoms with Crippen LogP contribution in [0.5, 0.6) is 0 Å².